The maximum absolute atomic E-state index is 12.7. The van der Waals surface area contributed by atoms with Crippen LogP contribution in [0.2, 0.25) is 0 Å². The molecule has 1 saturated heterocycles. The Morgan fingerprint density at radius 1 is 1.12 bits per heavy atom. The number of piperazine rings is 1. The van der Waals surface area contributed by atoms with Crippen LogP contribution in [0.4, 0.5) is 0 Å². The Morgan fingerprint density at radius 3 is 2.67 bits per heavy atom. The van der Waals surface area contributed by atoms with Gasteiger partial charge in [-0.1, -0.05) is 37.1 Å². The van der Waals surface area contributed by atoms with Crippen LogP contribution in [0.15, 0.2) is 24.3 Å². The van der Waals surface area contributed by atoms with E-state index >= 15 is 0 Å². The summed E-state index contributed by atoms with van der Waals surface area (Å²) in [4.78, 5) is 14.4. The molecule has 6 nitrogen and oxygen atoms in total. The lowest BCUT2D eigenvalue weighted by atomic mass is 9.91. The maximum atomic E-state index is 12.7. The van der Waals surface area contributed by atoms with E-state index in [9.17, 15) is 13.2 Å². The monoisotopic (exact) mass is 349 g/mol. The molecule has 1 unspecified atom stereocenters. The molecule has 1 N–H and O–H groups in total. The van der Waals surface area contributed by atoms with E-state index in [1.54, 1.807) is 0 Å². The standard InChI is InChI=1S/C17H23N3O3S/c21-17-12-19(24(22,23)18-14-6-2-3-7-14)11-16-15-8-4-1-5-13(15)9-10-20(16)17/h1,4-5,8,14,16,18H,2-3,6-7,9-12H2. The van der Waals surface area contributed by atoms with E-state index in [2.05, 4.69) is 10.8 Å². The fraction of sp³-hybridized carbons (Fsp3) is 0.588. The summed E-state index contributed by atoms with van der Waals surface area (Å²) in [5, 5.41) is 0. The summed E-state index contributed by atoms with van der Waals surface area (Å²) in [7, 11) is -3.62. The molecule has 2 fully saturated rings. The predicted molar refractivity (Wildman–Crippen MR) is 90.5 cm³/mol. The number of carbonyl (C=O) groups excluding carboxylic acids is 1. The second-order valence-corrected chi connectivity index (χ2v) is 8.65. The lowest BCUT2D eigenvalue weighted by Crippen LogP contribution is -2.58. The first-order valence-corrected chi connectivity index (χ1v) is 10.1. The van der Waals surface area contributed by atoms with Gasteiger partial charge in [-0.2, -0.15) is 17.4 Å². The molecule has 2 aliphatic heterocycles. The first-order chi connectivity index (χ1) is 11.5. The highest BCUT2D eigenvalue weighted by atomic mass is 32.2. The fourth-order valence-electron chi connectivity index (χ4n) is 4.16. The molecule has 3 aliphatic rings. The van der Waals surface area contributed by atoms with Crippen LogP contribution in [0.1, 0.15) is 42.9 Å². The van der Waals surface area contributed by atoms with Gasteiger partial charge in [-0.15, -0.1) is 0 Å². The smallest absolute Gasteiger partial charge is 0.280 e. The zero-order valence-corrected chi connectivity index (χ0v) is 14.5. The van der Waals surface area contributed by atoms with Gasteiger partial charge in [0.15, 0.2) is 0 Å². The highest BCUT2D eigenvalue weighted by Gasteiger charge is 2.41. The highest BCUT2D eigenvalue weighted by Crippen LogP contribution is 2.33. The second-order valence-electron chi connectivity index (χ2n) is 6.95. The molecule has 1 atom stereocenters. The number of fused-ring (bicyclic) bond motifs is 3. The Balaban J connectivity index is 1.58. The number of nitrogens with one attached hydrogen (secondary N) is 1. The first-order valence-electron chi connectivity index (χ1n) is 8.69. The summed E-state index contributed by atoms with van der Waals surface area (Å²) in [6, 6.07) is 7.88. The molecule has 1 aromatic carbocycles. The number of carbonyl (C=O) groups is 1. The molecule has 0 aromatic heterocycles. The maximum Gasteiger partial charge on any atom is 0.280 e. The van der Waals surface area contributed by atoms with E-state index in [1.165, 1.54) is 9.87 Å². The molecule has 0 bridgehead atoms. The predicted octanol–water partition coefficient (Wildman–Crippen LogP) is 1.20. The van der Waals surface area contributed by atoms with Crippen molar-refractivity contribution in [1.82, 2.24) is 13.9 Å². The summed E-state index contributed by atoms with van der Waals surface area (Å²) in [5.41, 5.74) is 2.30. The summed E-state index contributed by atoms with van der Waals surface area (Å²) in [5.74, 6) is -0.0995. The third-order valence-electron chi connectivity index (χ3n) is 5.43. The number of benzene rings is 1. The summed E-state index contributed by atoms with van der Waals surface area (Å²) in [6.07, 6.45) is 4.75. The minimum absolute atomic E-state index is 0.0155. The van der Waals surface area contributed by atoms with E-state index in [0.717, 1.165) is 37.7 Å². The normalized spacial score (nSPS) is 25.6. The van der Waals surface area contributed by atoms with Gasteiger partial charge >= 0.3 is 0 Å². The minimum Gasteiger partial charge on any atom is -0.333 e. The van der Waals surface area contributed by atoms with Gasteiger partial charge in [0.05, 0.1) is 12.6 Å². The van der Waals surface area contributed by atoms with Crippen LogP contribution in [0.25, 0.3) is 0 Å². The quantitative estimate of drug-likeness (QED) is 0.892. The minimum atomic E-state index is -3.62. The van der Waals surface area contributed by atoms with Gasteiger partial charge in [-0.05, 0) is 30.4 Å². The number of rotatable bonds is 3. The Morgan fingerprint density at radius 2 is 1.88 bits per heavy atom. The average molecular weight is 349 g/mol. The molecule has 0 spiro atoms. The van der Waals surface area contributed by atoms with Gasteiger partial charge in [0, 0.05) is 19.1 Å². The Hall–Kier alpha value is -1.44. The first kappa shape index (κ1) is 16.1. The van der Waals surface area contributed by atoms with Crippen molar-refractivity contribution in [1.29, 1.82) is 0 Å². The van der Waals surface area contributed by atoms with Gasteiger partial charge in [0.2, 0.25) is 5.91 Å². The van der Waals surface area contributed by atoms with Gasteiger partial charge in [-0.3, -0.25) is 4.79 Å². The van der Waals surface area contributed by atoms with Crippen molar-refractivity contribution < 1.29 is 13.2 Å². The topological polar surface area (TPSA) is 69.7 Å². The molecule has 4 rings (SSSR count). The van der Waals surface area contributed by atoms with Crippen LogP contribution in [0.5, 0.6) is 0 Å². The van der Waals surface area contributed by atoms with Crippen molar-refractivity contribution in [2.24, 2.45) is 0 Å². The zero-order chi connectivity index (χ0) is 16.7. The van der Waals surface area contributed by atoms with Crippen molar-refractivity contribution in [3.05, 3.63) is 35.4 Å². The Kier molecular flexibility index (Phi) is 4.10. The second kappa shape index (κ2) is 6.13. The van der Waals surface area contributed by atoms with Crippen LogP contribution in [-0.2, 0) is 21.4 Å². The lowest BCUT2D eigenvalue weighted by molar-refractivity contribution is -0.138. The van der Waals surface area contributed by atoms with E-state index in [0.29, 0.717) is 13.1 Å². The van der Waals surface area contributed by atoms with Crippen LogP contribution in [-0.4, -0.2) is 49.2 Å². The molecule has 1 aromatic rings. The largest absolute Gasteiger partial charge is 0.333 e. The van der Waals surface area contributed by atoms with Crippen LogP contribution in [0.3, 0.4) is 0 Å². The number of amides is 1. The Labute approximate surface area is 143 Å². The molecular formula is C17H23N3O3S. The van der Waals surface area contributed by atoms with Crippen LogP contribution in [0, 0.1) is 0 Å². The molecule has 1 amide bonds. The molecule has 2 heterocycles. The van der Waals surface area contributed by atoms with Crippen molar-refractivity contribution in [3.63, 3.8) is 0 Å². The zero-order valence-electron chi connectivity index (χ0n) is 13.6. The van der Waals surface area contributed by atoms with Gasteiger partial charge in [-0.25, -0.2) is 0 Å². The third-order valence-corrected chi connectivity index (χ3v) is 7.02. The molecular weight excluding hydrogens is 326 g/mol. The number of hydrogen-bond acceptors (Lipinski definition) is 3. The van der Waals surface area contributed by atoms with Crippen molar-refractivity contribution in [2.75, 3.05) is 19.6 Å². The molecule has 1 saturated carbocycles. The van der Waals surface area contributed by atoms with Gasteiger partial charge in [0.1, 0.15) is 0 Å². The number of nitrogens with zero attached hydrogens (tertiary/aromatic N) is 2. The van der Waals surface area contributed by atoms with E-state index < -0.39 is 10.2 Å². The van der Waals surface area contributed by atoms with Crippen LogP contribution >= 0.6 is 0 Å². The number of hydrogen-bond donors (Lipinski definition) is 1. The fourth-order valence-corrected chi connectivity index (χ4v) is 5.58. The molecule has 130 valence electrons. The molecule has 1 aliphatic carbocycles. The van der Waals surface area contributed by atoms with Crippen molar-refractivity contribution >= 4 is 16.1 Å². The van der Waals surface area contributed by atoms with Gasteiger partial charge < -0.3 is 4.90 Å². The van der Waals surface area contributed by atoms with E-state index in [-0.39, 0.29) is 24.5 Å². The Bertz CT molecular complexity index is 743. The van der Waals surface area contributed by atoms with Crippen LogP contribution < -0.4 is 4.72 Å². The average Bonchev–Trinajstić information content (AvgIpc) is 3.06. The van der Waals surface area contributed by atoms with Crippen molar-refractivity contribution in [3.8, 4) is 0 Å². The van der Waals surface area contributed by atoms with Gasteiger partial charge in [0.25, 0.3) is 10.2 Å². The molecule has 24 heavy (non-hydrogen) atoms. The SMILES string of the molecule is O=C1CN(S(=O)(=O)NC2CCCC2)CC2c3ccccc3CCN12. The third kappa shape index (κ3) is 2.85. The van der Waals surface area contributed by atoms with Crippen molar-refractivity contribution in [2.45, 2.75) is 44.2 Å². The summed E-state index contributed by atoms with van der Waals surface area (Å²) >= 11 is 0. The summed E-state index contributed by atoms with van der Waals surface area (Å²) in [6.45, 7) is 0.954. The van der Waals surface area contributed by atoms with E-state index in [4.69, 9.17) is 0 Å². The summed E-state index contributed by atoms with van der Waals surface area (Å²) < 4.78 is 29.6. The highest BCUT2D eigenvalue weighted by molar-refractivity contribution is 7.87. The molecule has 7 heteroatoms. The molecule has 0 radical (unpaired) electrons. The van der Waals surface area contributed by atoms with E-state index in [1.807, 2.05) is 23.1 Å². The lowest BCUT2D eigenvalue weighted by Gasteiger charge is -2.44.